The van der Waals surface area contributed by atoms with Gasteiger partial charge in [-0.05, 0) is 6.42 Å². The Kier molecular flexibility index (Phi) is 22.2. The lowest BCUT2D eigenvalue weighted by molar-refractivity contribution is -0.106. The van der Waals surface area contributed by atoms with Gasteiger partial charge >= 0.3 is 0 Å². The number of unbranched alkanes of at least 4 members (excludes halogenated alkanes) is 9. The van der Waals surface area contributed by atoms with Gasteiger partial charge in [0, 0.05) is 6.61 Å². The zero-order valence-corrected chi connectivity index (χ0v) is 10.8. The van der Waals surface area contributed by atoms with Crippen molar-refractivity contribution >= 4 is 6.41 Å². The first kappa shape index (κ1) is 17.8. The van der Waals surface area contributed by atoms with Crippen LogP contribution in [0, 0.1) is 0 Å². The predicted octanol–water partition coefficient (Wildman–Crippen LogP) is 3.00. The van der Waals surface area contributed by atoms with Crippen molar-refractivity contribution in [3.05, 3.63) is 0 Å². The largest absolute Gasteiger partial charge is 0.396 e. The molecule has 0 saturated carbocycles. The molecule has 0 aliphatic heterocycles. The van der Waals surface area contributed by atoms with Crippen molar-refractivity contribution in [3.63, 3.8) is 0 Å². The molecule has 0 aliphatic rings. The van der Waals surface area contributed by atoms with Gasteiger partial charge in [-0.2, -0.15) is 0 Å². The van der Waals surface area contributed by atoms with Crippen LogP contribution in [-0.4, -0.2) is 18.1 Å². The maximum atomic E-state index is 8.58. The number of primary amides is 1. The number of aliphatic hydroxyl groups is 1. The molecule has 0 unspecified atom stereocenters. The van der Waals surface area contributed by atoms with Crippen molar-refractivity contribution in [2.45, 2.75) is 71.1 Å². The van der Waals surface area contributed by atoms with Gasteiger partial charge in [-0.1, -0.05) is 64.7 Å². The lowest BCUT2D eigenvalue weighted by Gasteiger charge is -2.00. The standard InChI is InChI=1S/C12H26O.CH3NO/c1-2-3-4-5-6-7-8-9-10-11-12-13;2-1-3/h13H,2-12H2,1H3;1H,(H2,2,3). The van der Waals surface area contributed by atoms with Crippen molar-refractivity contribution in [2.75, 3.05) is 6.61 Å². The number of aliphatic hydroxyl groups excluding tert-OH is 1. The van der Waals surface area contributed by atoms with Gasteiger partial charge in [0.2, 0.25) is 6.41 Å². The van der Waals surface area contributed by atoms with Crippen LogP contribution in [0.4, 0.5) is 0 Å². The van der Waals surface area contributed by atoms with Crippen LogP contribution < -0.4 is 5.73 Å². The molecule has 0 rings (SSSR count). The highest BCUT2D eigenvalue weighted by molar-refractivity contribution is 5.42. The Balaban J connectivity index is 0. The second-order valence-electron chi connectivity index (χ2n) is 4.04. The van der Waals surface area contributed by atoms with E-state index in [2.05, 4.69) is 12.7 Å². The van der Waals surface area contributed by atoms with E-state index in [-0.39, 0.29) is 6.41 Å². The Bertz CT molecular complexity index is 109. The van der Waals surface area contributed by atoms with E-state index in [0.717, 1.165) is 6.42 Å². The van der Waals surface area contributed by atoms with Gasteiger partial charge in [-0.3, -0.25) is 4.79 Å². The van der Waals surface area contributed by atoms with Crippen LogP contribution in [0.5, 0.6) is 0 Å². The summed E-state index contributed by atoms with van der Waals surface area (Å²) >= 11 is 0. The lowest BCUT2D eigenvalue weighted by Crippen LogP contribution is -1.84. The topological polar surface area (TPSA) is 63.3 Å². The van der Waals surface area contributed by atoms with Crippen molar-refractivity contribution in [3.8, 4) is 0 Å². The summed E-state index contributed by atoms with van der Waals surface area (Å²) in [5.74, 6) is 0. The van der Waals surface area contributed by atoms with Gasteiger partial charge < -0.3 is 10.8 Å². The number of hydrogen-bond acceptors (Lipinski definition) is 2. The lowest BCUT2D eigenvalue weighted by atomic mass is 10.1. The molecule has 0 radical (unpaired) electrons. The highest BCUT2D eigenvalue weighted by Crippen LogP contribution is 2.09. The summed E-state index contributed by atoms with van der Waals surface area (Å²) in [6, 6.07) is 0. The summed E-state index contributed by atoms with van der Waals surface area (Å²) in [5, 5.41) is 8.57. The first-order valence-corrected chi connectivity index (χ1v) is 6.59. The number of nitrogens with two attached hydrogens (primary N) is 1. The quantitative estimate of drug-likeness (QED) is 0.448. The molecule has 1 amide bonds. The highest BCUT2D eigenvalue weighted by atomic mass is 16.2. The van der Waals surface area contributed by atoms with Crippen molar-refractivity contribution in [1.82, 2.24) is 0 Å². The van der Waals surface area contributed by atoms with Gasteiger partial charge in [0.25, 0.3) is 0 Å². The Morgan fingerprint density at radius 1 is 0.875 bits per heavy atom. The molecule has 0 bridgehead atoms. The molecule has 0 spiro atoms. The fourth-order valence-corrected chi connectivity index (χ4v) is 1.60. The third-order valence-corrected chi connectivity index (χ3v) is 2.51. The summed E-state index contributed by atoms with van der Waals surface area (Å²) in [7, 11) is 0. The Morgan fingerprint density at radius 2 is 1.19 bits per heavy atom. The summed E-state index contributed by atoms with van der Waals surface area (Å²) in [6.07, 6.45) is 13.6. The zero-order chi connectivity index (χ0) is 12.5. The SMILES string of the molecule is CCCCCCCCCCCCO.NC=O. The average molecular weight is 231 g/mol. The van der Waals surface area contributed by atoms with E-state index >= 15 is 0 Å². The Labute approximate surface area is 100 Å². The smallest absolute Gasteiger partial charge is 0.204 e. The van der Waals surface area contributed by atoms with Gasteiger partial charge in [0.1, 0.15) is 0 Å². The average Bonchev–Trinajstić information content (AvgIpc) is 2.28. The molecular formula is C13H29NO2. The van der Waals surface area contributed by atoms with Gasteiger partial charge in [0.15, 0.2) is 0 Å². The first-order valence-electron chi connectivity index (χ1n) is 6.59. The molecule has 3 N–H and O–H groups in total. The van der Waals surface area contributed by atoms with E-state index in [1.807, 2.05) is 0 Å². The van der Waals surface area contributed by atoms with E-state index in [4.69, 9.17) is 9.90 Å². The van der Waals surface area contributed by atoms with Crippen LogP contribution in [0.15, 0.2) is 0 Å². The Hall–Kier alpha value is -0.570. The van der Waals surface area contributed by atoms with Crippen molar-refractivity contribution in [2.24, 2.45) is 5.73 Å². The third-order valence-electron chi connectivity index (χ3n) is 2.51. The fraction of sp³-hybridized carbons (Fsp3) is 0.923. The molecule has 0 aromatic heterocycles. The summed E-state index contributed by atoms with van der Waals surface area (Å²) in [5.41, 5.74) is 4.17. The third kappa shape index (κ3) is 23.3. The second kappa shape index (κ2) is 19.9. The summed E-state index contributed by atoms with van der Waals surface area (Å²) in [6.45, 7) is 2.63. The molecule has 16 heavy (non-hydrogen) atoms. The predicted molar refractivity (Wildman–Crippen MR) is 69.2 cm³/mol. The molecule has 0 saturated heterocycles. The van der Waals surface area contributed by atoms with Crippen molar-refractivity contribution in [1.29, 1.82) is 0 Å². The molecular weight excluding hydrogens is 202 g/mol. The van der Waals surface area contributed by atoms with Crippen LogP contribution in [0.25, 0.3) is 0 Å². The summed E-state index contributed by atoms with van der Waals surface area (Å²) in [4.78, 5) is 8.58. The van der Waals surface area contributed by atoms with Gasteiger partial charge in [-0.15, -0.1) is 0 Å². The molecule has 3 nitrogen and oxygen atoms in total. The minimum atomic E-state index is 0.250. The van der Waals surface area contributed by atoms with Crippen molar-refractivity contribution < 1.29 is 9.90 Å². The minimum Gasteiger partial charge on any atom is -0.396 e. The summed E-state index contributed by atoms with van der Waals surface area (Å²) < 4.78 is 0. The molecule has 0 aromatic carbocycles. The molecule has 0 aliphatic carbocycles. The van der Waals surface area contributed by atoms with E-state index in [9.17, 15) is 0 Å². The van der Waals surface area contributed by atoms with Gasteiger partial charge in [-0.25, -0.2) is 0 Å². The van der Waals surface area contributed by atoms with Gasteiger partial charge in [0.05, 0.1) is 0 Å². The second-order valence-corrected chi connectivity index (χ2v) is 4.04. The first-order chi connectivity index (χ1) is 7.83. The molecule has 0 aromatic rings. The number of amides is 1. The van der Waals surface area contributed by atoms with E-state index in [1.54, 1.807) is 0 Å². The molecule has 98 valence electrons. The maximum absolute atomic E-state index is 8.58. The van der Waals surface area contributed by atoms with E-state index in [1.165, 1.54) is 57.8 Å². The Morgan fingerprint density at radius 3 is 1.50 bits per heavy atom. The molecule has 0 heterocycles. The van der Waals surface area contributed by atoms with Crippen LogP contribution in [0.1, 0.15) is 71.1 Å². The monoisotopic (exact) mass is 231 g/mol. The fourth-order valence-electron chi connectivity index (χ4n) is 1.60. The molecule has 3 heteroatoms. The van der Waals surface area contributed by atoms with Crippen LogP contribution in [-0.2, 0) is 4.79 Å². The minimum absolute atomic E-state index is 0.250. The highest BCUT2D eigenvalue weighted by Gasteiger charge is 1.91. The number of rotatable bonds is 10. The normalized spacial score (nSPS) is 9.38. The number of hydrogen-bond donors (Lipinski definition) is 2. The van der Waals surface area contributed by atoms with Crippen LogP contribution >= 0.6 is 0 Å². The van der Waals surface area contributed by atoms with Crippen LogP contribution in [0.2, 0.25) is 0 Å². The van der Waals surface area contributed by atoms with E-state index in [0.29, 0.717) is 6.61 Å². The van der Waals surface area contributed by atoms with Crippen LogP contribution in [0.3, 0.4) is 0 Å². The molecule has 0 fully saturated rings. The van der Waals surface area contributed by atoms with E-state index < -0.39 is 0 Å². The zero-order valence-electron chi connectivity index (χ0n) is 10.8. The maximum Gasteiger partial charge on any atom is 0.204 e. The number of carbonyl (C=O) groups excluding carboxylic acids is 1. The molecule has 0 atom stereocenters. The number of carbonyl (C=O) groups is 1.